The number of hydrogen-bond donors (Lipinski definition) is 2. The van der Waals surface area contributed by atoms with Crippen molar-refractivity contribution in [1.82, 2.24) is 13.5 Å². The van der Waals surface area contributed by atoms with Crippen LogP contribution in [-0.2, 0) is 13.3 Å². The molecule has 0 fully saturated rings. The first-order chi connectivity index (χ1) is 9.65. The third kappa shape index (κ3) is 3.31. The van der Waals surface area contributed by atoms with Gasteiger partial charge in [0.25, 0.3) is 5.91 Å². The monoisotopic (exact) mass is 359 g/mol. The van der Waals surface area contributed by atoms with Gasteiger partial charge < -0.3 is 4.74 Å². The Hall–Kier alpha value is -1.54. The quantitative estimate of drug-likeness (QED) is 0.637. The van der Waals surface area contributed by atoms with Gasteiger partial charge >= 0.3 is 0 Å². The van der Waals surface area contributed by atoms with Crippen LogP contribution in [0.1, 0.15) is 21.5 Å². The van der Waals surface area contributed by atoms with E-state index in [0.29, 0.717) is 22.6 Å². The molecule has 0 spiro atoms. The minimum absolute atomic E-state index is 0.0423. The highest BCUT2D eigenvalue weighted by molar-refractivity contribution is 9.08. The van der Waals surface area contributed by atoms with Gasteiger partial charge in [-0.3, -0.25) is 9.14 Å². The van der Waals surface area contributed by atoms with E-state index in [0.717, 1.165) is 0 Å². The smallest absolute Gasteiger partial charge is 0.261 e. The SMILES string of the molecule is O=C(NBr)c1cccc(CF)c1COc1ccn(S)n1. The normalized spacial score (nSPS) is 10.3. The third-order valence-corrected chi connectivity index (χ3v) is 3.25. The topological polar surface area (TPSA) is 56.1 Å². The van der Waals surface area contributed by atoms with Crippen LogP contribution in [0.2, 0.25) is 0 Å². The molecule has 0 atom stereocenters. The highest BCUT2D eigenvalue weighted by atomic mass is 79.9. The number of alkyl halides is 1. The van der Waals surface area contributed by atoms with Crippen LogP contribution in [0.3, 0.4) is 0 Å². The van der Waals surface area contributed by atoms with Gasteiger partial charge in [0, 0.05) is 39.5 Å². The van der Waals surface area contributed by atoms with Gasteiger partial charge in [0.2, 0.25) is 5.88 Å². The summed E-state index contributed by atoms with van der Waals surface area (Å²) in [6.45, 7) is -0.635. The average Bonchev–Trinajstić information content (AvgIpc) is 2.89. The van der Waals surface area contributed by atoms with E-state index in [2.05, 4.69) is 38.4 Å². The zero-order valence-corrected chi connectivity index (χ0v) is 12.7. The molecule has 0 unspecified atom stereocenters. The summed E-state index contributed by atoms with van der Waals surface area (Å²) in [6, 6.07) is 6.46. The predicted molar refractivity (Wildman–Crippen MR) is 78.6 cm³/mol. The van der Waals surface area contributed by atoms with Crippen molar-refractivity contribution in [3.63, 3.8) is 0 Å². The number of aromatic nitrogens is 2. The van der Waals surface area contributed by atoms with Gasteiger partial charge in [-0.1, -0.05) is 12.1 Å². The highest BCUT2D eigenvalue weighted by Crippen LogP contribution is 2.19. The molecule has 1 aromatic heterocycles. The molecule has 0 radical (unpaired) electrons. The van der Waals surface area contributed by atoms with Gasteiger partial charge in [0.15, 0.2) is 0 Å². The molecule has 0 aliphatic heterocycles. The number of halogens is 2. The Labute approximate surface area is 129 Å². The van der Waals surface area contributed by atoms with Gasteiger partial charge in [-0.25, -0.2) is 8.48 Å². The molecule has 20 heavy (non-hydrogen) atoms. The molecule has 0 bridgehead atoms. The van der Waals surface area contributed by atoms with Crippen molar-refractivity contribution in [2.24, 2.45) is 0 Å². The highest BCUT2D eigenvalue weighted by Gasteiger charge is 2.15. The Bertz CT molecular complexity index is 620. The molecule has 0 saturated heterocycles. The first-order valence-corrected chi connectivity index (χ1v) is 6.80. The molecule has 0 saturated carbocycles. The molecule has 5 nitrogen and oxygen atoms in total. The van der Waals surface area contributed by atoms with Crippen molar-refractivity contribution >= 4 is 34.9 Å². The summed E-state index contributed by atoms with van der Waals surface area (Å²) in [5, 5.41) is 3.93. The number of carbonyl (C=O) groups is 1. The summed E-state index contributed by atoms with van der Waals surface area (Å²) < 4.78 is 22.1. The first-order valence-electron chi connectivity index (χ1n) is 5.61. The van der Waals surface area contributed by atoms with Crippen molar-refractivity contribution in [1.29, 1.82) is 0 Å². The fourth-order valence-corrected chi connectivity index (χ4v) is 2.08. The van der Waals surface area contributed by atoms with Crippen LogP contribution in [0.4, 0.5) is 4.39 Å². The van der Waals surface area contributed by atoms with Gasteiger partial charge in [-0.15, -0.1) is 5.10 Å². The van der Waals surface area contributed by atoms with E-state index in [1.807, 2.05) is 0 Å². The number of nitrogens with zero attached hydrogens (tertiary/aromatic N) is 2. The van der Waals surface area contributed by atoms with E-state index in [1.165, 1.54) is 4.09 Å². The van der Waals surface area contributed by atoms with Crippen LogP contribution in [0.25, 0.3) is 0 Å². The number of carbonyl (C=O) groups excluding carboxylic acids is 1. The molecule has 0 aliphatic carbocycles. The van der Waals surface area contributed by atoms with E-state index in [-0.39, 0.29) is 12.5 Å². The predicted octanol–water partition coefficient (Wildman–Crippen LogP) is 2.66. The second-order valence-corrected chi connectivity index (χ2v) is 4.67. The molecule has 8 heteroatoms. The Morgan fingerprint density at radius 1 is 1.50 bits per heavy atom. The van der Waals surface area contributed by atoms with Crippen LogP contribution >= 0.6 is 29.0 Å². The lowest BCUT2D eigenvalue weighted by atomic mass is 10.0. The van der Waals surface area contributed by atoms with Crippen molar-refractivity contribution < 1.29 is 13.9 Å². The summed E-state index contributed by atoms with van der Waals surface area (Å²) in [5.74, 6) is -0.0162. The summed E-state index contributed by atoms with van der Waals surface area (Å²) in [5.41, 5.74) is 1.24. The second kappa shape index (κ2) is 6.76. The van der Waals surface area contributed by atoms with Gasteiger partial charge in [-0.2, -0.15) is 0 Å². The Morgan fingerprint density at radius 2 is 2.30 bits per heavy atom. The fraction of sp³-hybridized carbons (Fsp3) is 0.167. The van der Waals surface area contributed by atoms with Crippen molar-refractivity contribution in [3.05, 3.63) is 47.2 Å². The van der Waals surface area contributed by atoms with E-state index >= 15 is 0 Å². The zero-order chi connectivity index (χ0) is 14.5. The molecule has 106 valence electrons. The van der Waals surface area contributed by atoms with Crippen LogP contribution in [0.15, 0.2) is 30.5 Å². The minimum atomic E-state index is -0.677. The Balaban J connectivity index is 2.26. The van der Waals surface area contributed by atoms with Crippen LogP contribution in [-0.4, -0.2) is 15.1 Å². The van der Waals surface area contributed by atoms with Crippen LogP contribution < -0.4 is 9.08 Å². The number of rotatable bonds is 5. The molecule has 1 N–H and O–H groups in total. The molecule has 1 amide bonds. The number of hydrogen-bond acceptors (Lipinski definition) is 4. The minimum Gasteiger partial charge on any atom is -0.472 e. The lowest BCUT2D eigenvalue weighted by Gasteiger charge is -2.12. The average molecular weight is 360 g/mol. The number of ether oxygens (including phenoxy) is 1. The molecular weight excluding hydrogens is 349 g/mol. The van der Waals surface area contributed by atoms with Gasteiger partial charge in [0.05, 0.1) is 0 Å². The van der Waals surface area contributed by atoms with Crippen molar-refractivity contribution in [2.45, 2.75) is 13.3 Å². The molecular formula is C12H11BrFN3O2S. The summed E-state index contributed by atoms with van der Waals surface area (Å²) in [4.78, 5) is 11.7. The maximum absolute atomic E-state index is 13.0. The lowest BCUT2D eigenvalue weighted by Crippen LogP contribution is -2.16. The maximum atomic E-state index is 13.0. The van der Waals surface area contributed by atoms with Crippen LogP contribution in [0, 0.1) is 0 Å². The Kier molecular flexibility index (Phi) is 5.02. The molecule has 1 heterocycles. The van der Waals surface area contributed by atoms with E-state index in [1.54, 1.807) is 30.5 Å². The third-order valence-electron chi connectivity index (χ3n) is 2.66. The van der Waals surface area contributed by atoms with Gasteiger partial charge in [0.1, 0.15) is 13.3 Å². The number of benzene rings is 1. The maximum Gasteiger partial charge on any atom is 0.261 e. The first kappa shape index (κ1) is 14.9. The molecule has 0 aliphatic rings. The fourth-order valence-electron chi connectivity index (χ4n) is 1.72. The van der Waals surface area contributed by atoms with Crippen LogP contribution in [0.5, 0.6) is 5.88 Å². The van der Waals surface area contributed by atoms with E-state index in [4.69, 9.17) is 4.74 Å². The largest absolute Gasteiger partial charge is 0.472 e. The van der Waals surface area contributed by atoms with Crippen molar-refractivity contribution in [3.8, 4) is 5.88 Å². The summed E-state index contributed by atoms with van der Waals surface area (Å²) in [7, 11) is 0. The number of thiol groups is 1. The standard InChI is InChI=1S/C12H11BrFN3O2S/c13-15-12(18)9-3-1-2-8(6-14)10(9)7-19-11-4-5-17(20)16-11/h1-5,20H,6-7H2,(H,15,18). The van der Waals surface area contributed by atoms with E-state index < -0.39 is 6.67 Å². The van der Waals surface area contributed by atoms with E-state index in [9.17, 15) is 9.18 Å². The lowest BCUT2D eigenvalue weighted by molar-refractivity contribution is 0.0984. The molecule has 1 aromatic carbocycles. The number of nitrogens with one attached hydrogen (secondary N) is 1. The number of amides is 1. The van der Waals surface area contributed by atoms with Crippen molar-refractivity contribution in [2.75, 3.05) is 0 Å². The summed E-state index contributed by atoms with van der Waals surface area (Å²) >= 11 is 6.86. The second-order valence-electron chi connectivity index (χ2n) is 3.86. The summed E-state index contributed by atoms with van der Waals surface area (Å²) in [6.07, 6.45) is 1.60. The molecule has 2 aromatic rings. The molecule has 2 rings (SSSR count). The van der Waals surface area contributed by atoms with Gasteiger partial charge in [-0.05, 0) is 24.4 Å². The Morgan fingerprint density at radius 3 is 2.90 bits per heavy atom. The zero-order valence-electron chi connectivity index (χ0n) is 10.2.